The van der Waals surface area contributed by atoms with Gasteiger partial charge in [-0.2, -0.15) is 0 Å². The Bertz CT molecular complexity index is 2350. The first kappa shape index (κ1) is 46.8. The lowest BCUT2D eigenvalue weighted by atomic mass is 9.84. The third-order valence-corrected chi connectivity index (χ3v) is 11.9. The number of nitrogens with one attached hydrogen (secondary N) is 2. The Morgan fingerprint density at radius 2 is 1.87 bits per heavy atom. The zero-order valence-electron chi connectivity index (χ0n) is 38.2. The molecule has 0 saturated carbocycles. The van der Waals surface area contributed by atoms with Gasteiger partial charge in [0.1, 0.15) is 18.1 Å². The van der Waals surface area contributed by atoms with Crippen molar-refractivity contribution in [3.63, 3.8) is 0 Å². The quantitative estimate of drug-likeness (QED) is 0.112. The van der Waals surface area contributed by atoms with E-state index in [1.54, 1.807) is 20.4 Å². The number of aliphatic imine (C=N–C) groups is 2. The number of rotatable bonds is 13. The van der Waals surface area contributed by atoms with Gasteiger partial charge in [0.2, 0.25) is 11.8 Å². The molecule has 2 aromatic carbocycles. The van der Waals surface area contributed by atoms with Gasteiger partial charge in [-0.15, -0.1) is 0 Å². The minimum atomic E-state index is -1.02. The van der Waals surface area contributed by atoms with Crippen molar-refractivity contribution < 1.29 is 28.7 Å². The Balaban J connectivity index is 1.41. The Labute approximate surface area is 371 Å². The molecule has 0 aliphatic carbocycles. The van der Waals surface area contributed by atoms with Crippen LogP contribution in [0.4, 0.5) is 0 Å². The van der Waals surface area contributed by atoms with E-state index in [0.717, 1.165) is 56.4 Å². The highest BCUT2D eigenvalue weighted by Gasteiger charge is 2.37. The van der Waals surface area contributed by atoms with Crippen molar-refractivity contribution >= 4 is 40.6 Å². The number of likely N-dealkylation sites (N-methyl/N-ethyl adjacent to an activating group) is 1. The SMILES string of the molecule is CCCN=C=NCCC(=O)N(C)[C@H](C(=O)N[C@H]1Cc2cccc(c2)-c2ccc3c(c2)c(c(-c2cnccc2COC)n3CC)CC(C)(C)COC(=O)[C@@H]2CCCN(N2)C1=O)C(C)C. The second-order valence-corrected chi connectivity index (χ2v) is 17.8. The fourth-order valence-corrected chi connectivity index (χ4v) is 8.78. The van der Waals surface area contributed by atoms with E-state index in [9.17, 15) is 19.2 Å². The van der Waals surface area contributed by atoms with Gasteiger partial charge in [0.15, 0.2) is 0 Å². The second-order valence-electron chi connectivity index (χ2n) is 17.8. The number of hydrazine groups is 1. The van der Waals surface area contributed by atoms with E-state index in [-0.39, 0.29) is 43.7 Å². The van der Waals surface area contributed by atoms with Gasteiger partial charge in [-0.05, 0) is 84.5 Å². The molecule has 1 saturated heterocycles. The molecule has 2 N–H and O–H groups in total. The summed E-state index contributed by atoms with van der Waals surface area (Å²) in [5.74, 6) is -1.79. The van der Waals surface area contributed by atoms with Crippen molar-refractivity contribution in [3.8, 4) is 22.4 Å². The summed E-state index contributed by atoms with van der Waals surface area (Å²) in [5.41, 5.74) is 10.7. The Morgan fingerprint density at radius 3 is 2.62 bits per heavy atom. The van der Waals surface area contributed by atoms with Crippen LogP contribution in [0.3, 0.4) is 0 Å². The number of benzene rings is 2. The molecule has 3 atom stereocenters. The first-order valence-corrected chi connectivity index (χ1v) is 22.3. The van der Waals surface area contributed by atoms with Crippen LogP contribution in [0, 0.1) is 11.3 Å². The third kappa shape index (κ3) is 11.1. The summed E-state index contributed by atoms with van der Waals surface area (Å²) in [4.78, 5) is 70.3. The van der Waals surface area contributed by atoms with Crippen LogP contribution in [-0.2, 0) is 54.6 Å². The number of esters is 1. The molecule has 4 aromatic rings. The fraction of sp³-hybridized carbons (Fsp3) is 0.510. The van der Waals surface area contributed by atoms with Gasteiger partial charge >= 0.3 is 5.97 Å². The maximum absolute atomic E-state index is 14.6. The van der Waals surface area contributed by atoms with E-state index in [0.29, 0.717) is 45.5 Å². The first-order chi connectivity index (χ1) is 30.3. The predicted octanol–water partition coefficient (Wildman–Crippen LogP) is 6.64. The highest BCUT2D eigenvalue weighted by atomic mass is 16.5. The Morgan fingerprint density at radius 1 is 1.10 bits per heavy atom. The van der Waals surface area contributed by atoms with Crippen LogP contribution in [0.5, 0.6) is 0 Å². The normalized spacial score (nSPS) is 18.3. The molecule has 14 heteroatoms. The summed E-state index contributed by atoms with van der Waals surface area (Å²) in [5, 5.41) is 5.58. The maximum atomic E-state index is 14.6. The lowest BCUT2D eigenvalue weighted by Crippen LogP contribution is -2.62. The van der Waals surface area contributed by atoms with Crippen molar-refractivity contribution in [2.45, 2.75) is 111 Å². The average molecular weight is 861 g/mol. The van der Waals surface area contributed by atoms with Gasteiger partial charge in [0.05, 0.1) is 31.5 Å². The molecule has 0 radical (unpaired) electrons. The van der Waals surface area contributed by atoms with Crippen molar-refractivity contribution in [3.05, 3.63) is 77.6 Å². The van der Waals surface area contributed by atoms with Gasteiger partial charge in [0.25, 0.3) is 5.91 Å². The van der Waals surface area contributed by atoms with Crippen molar-refractivity contribution in [1.29, 1.82) is 0 Å². The molecule has 14 nitrogen and oxygen atoms in total. The third-order valence-electron chi connectivity index (χ3n) is 11.9. The van der Waals surface area contributed by atoms with E-state index in [4.69, 9.17) is 9.47 Å². The van der Waals surface area contributed by atoms with Gasteiger partial charge in [-0.3, -0.25) is 29.2 Å². The van der Waals surface area contributed by atoms with E-state index >= 15 is 0 Å². The minimum Gasteiger partial charge on any atom is -0.464 e. The van der Waals surface area contributed by atoms with Gasteiger partial charge in [-0.1, -0.05) is 65.0 Å². The summed E-state index contributed by atoms with van der Waals surface area (Å²) in [6.07, 6.45) is 6.47. The smallest absolute Gasteiger partial charge is 0.324 e. The van der Waals surface area contributed by atoms with Crippen LogP contribution in [0.25, 0.3) is 33.3 Å². The van der Waals surface area contributed by atoms with Crippen LogP contribution in [0.1, 0.15) is 83.9 Å². The van der Waals surface area contributed by atoms with Crippen LogP contribution >= 0.6 is 0 Å². The topological polar surface area (TPSA) is 160 Å². The zero-order chi connectivity index (χ0) is 45.3. The van der Waals surface area contributed by atoms with E-state index in [1.807, 2.05) is 45.2 Å². The number of carbonyl (C=O) groups excluding carboxylic acids is 4. The number of cyclic esters (lactones) is 1. The fourth-order valence-electron chi connectivity index (χ4n) is 8.78. The highest BCUT2D eigenvalue weighted by molar-refractivity contribution is 5.96. The molecule has 63 heavy (non-hydrogen) atoms. The monoisotopic (exact) mass is 860 g/mol. The second kappa shape index (κ2) is 21.1. The van der Waals surface area contributed by atoms with Crippen molar-refractivity contribution in [2.24, 2.45) is 21.3 Å². The lowest BCUT2D eigenvalue weighted by molar-refractivity contribution is -0.155. The molecule has 6 rings (SSSR count). The zero-order valence-corrected chi connectivity index (χ0v) is 38.2. The summed E-state index contributed by atoms with van der Waals surface area (Å²) in [6, 6.07) is 16.6. The molecule has 1 fully saturated rings. The van der Waals surface area contributed by atoms with Crippen LogP contribution < -0.4 is 10.7 Å². The highest BCUT2D eigenvalue weighted by Crippen LogP contribution is 2.41. The summed E-state index contributed by atoms with van der Waals surface area (Å²) < 4.78 is 14.1. The van der Waals surface area contributed by atoms with Crippen LogP contribution in [0.15, 0.2) is 70.9 Å². The summed E-state index contributed by atoms with van der Waals surface area (Å²) in [6.45, 7) is 14.5. The number of hydrogen-bond donors (Lipinski definition) is 2. The van der Waals surface area contributed by atoms with Gasteiger partial charge in [-0.25, -0.2) is 15.4 Å². The number of fused-ring (bicyclic) bond motifs is 6. The number of aryl methyl sites for hydroxylation is 1. The lowest BCUT2D eigenvalue weighted by Gasteiger charge is -2.36. The molecule has 0 unspecified atom stereocenters. The van der Waals surface area contributed by atoms with E-state index in [2.05, 4.69) is 87.4 Å². The standard InChI is InChI=1S/C49H64N8O6/c1-9-20-51-31-52-22-19-43(58)55(7)44(32(3)4)46(59)53-41-25-33-13-11-14-34(24-33)35-16-17-42-37(26-35)38(45(56(42)10-2)39-28-50-21-18-36(39)29-62-8)27-49(5,6)30-63-48(61)40-15-12-23-57(54-40)47(41)60/h11,13-14,16-18,21,24,26,28,32,40-41,44,54H,9-10,12,15,19-20,22-23,25,27,29-30H2,1-8H3,(H,53,59)/t40-,41-,44-/m0/s1. The molecule has 4 heterocycles. The molecule has 2 aliphatic heterocycles. The number of pyridine rings is 1. The van der Waals surface area contributed by atoms with Gasteiger partial charge in [0, 0.05) is 80.9 Å². The molecule has 0 spiro atoms. The number of methoxy groups -OCH3 is 1. The predicted molar refractivity (Wildman–Crippen MR) is 245 cm³/mol. The van der Waals surface area contributed by atoms with Crippen LogP contribution in [0.2, 0.25) is 0 Å². The minimum absolute atomic E-state index is 0.0826. The summed E-state index contributed by atoms with van der Waals surface area (Å²) in [7, 11) is 3.30. The van der Waals surface area contributed by atoms with Crippen molar-refractivity contribution in [1.82, 2.24) is 30.2 Å². The molecule has 2 aromatic heterocycles. The molecule has 3 amide bonds. The van der Waals surface area contributed by atoms with Crippen molar-refractivity contribution in [2.75, 3.05) is 40.4 Å². The molecular weight excluding hydrogens is 797 g/mol. The molecule has 336 valence electrons. The summed E-state index contributed by atoms with van der Waals surface area (Å²) >= 11 is 0. The number of aromatic nitrogens is 2. The number of hydrogen-bond acceptors (Lipinski definition) is 10. The number of amides is 3. The number of nitrogens with zero attached hydrogens (tertiary/aromatic N) is 6. The number of carbonyl (C=O) groups is 4. The molecule has 6 bridgehead atoms. The van der Waals surface area contributed by atoms with Gasteiger partial charge < -0.3 is 24.3 Å². The average Bonchev–Trinajstić information content (AvgIpc) is 3.57. The first-order valence-electron chi connectivity index (χ1n) is 22.3. The molecule has 2 aliphatic rings. The van der Waals surface area contributed by atoms with E-state index < -0.39 is 35.4 Å². The van der Waals surface area contributed by atoms with Crippen LogP contribution in [-0.4, -0.2) is 108 Å². The Kier molecular flexibility index (Phi) is 15.7. The Hall–Kier alpha value is -5.69. The molecular formula is C49H64N8O6. The largest absolute Gasteiger partial charge is 0.464 e. The number of ether oxygens (including phenoxy) is 2. The van der Waals surface area contributed by atoms with E-state index in [1.165, 1.54) is 9.91 Å². The maximum Gasteiger partial charge on any atom is 0.324 e.